The predicted octanol–water partition coefficient (Wildman–Crippen LogP) is 4.02. The van der Waals surface area contributed by atoms with Gasteiger partial charge in [-0.15, -0.1) is 0 Å². The number of halogens is 3. The Morgan fingerprint density at radius 1 is 1.12 bits per heavy atom. The van der Waals surface area contributed by atoms with Gasteiger partial charge in [-0.3, -0.25) is 5.32 Å². The number of hydrogen-bond acceptors (Lipinski definition) is 5. The van der Waals surface area contributed by atoms with Gasteiger partial charge >= 0.3 is 12.2 Å². The zero-order valence-corrected chi connectivity index (χ0v) is 13.6. The Bertz CT molecular complexity index is 1070. The van der Waals surface area contributed by atoms with Crippen molar-refractivity contribution < 1.29 is 17.6 Å². The minimum Gasteiger partial charge on any atom is -0.423 e. The van der Waals surface area contributed by atoms with Gasteiger partial charge < -0.3 is 14.7 Å². The maximum Gasteiger partial charge on any atom is 0.407 e. The Kier molecular flexibility index (Phi) is 3.62. The minimum atomic E-state index is -4.51. The standard InChI is InChI=1S/C17H14F3N5O/c1-25-12-7-6-9(14(21)17(18,19)20)8-11(12)22-15(25)24-16-23-10-4-2-3-5-13(10)26-16/h2-8,14H,21H2,1H3,(H,22,23,24). The van der Waals surface area contributed by atoms with Gasteiger partial charge in [0.1, 0.15) is 11.6 Å². The first-order valence-corrected chi connectivity index (χ1v) is 7.74. The lowest BCUT2D eigenvalue weighted by Gasteiger charge is -2.15. The highest BCUT2D eigenvalue weighted by molar-refractivity contribution is 5.81. The summed E-state index contributed by atoms with van der Waals surface area (Å²) in [7, 11) is 1.74. The van der Waals surface area contributed by atoms with Crippen LogP contribution in [0.25, 0.3) is 22.1 Å². The molecule has 0 spiro atoms. The van der Waals surface area contributed by atoms with E-state index in [0.29, 0.717) is 28.1 Å². The molecule has 0 bridgehead atoms. The maximum absolute atomic E-state index is 12.8. The van der Waals surface area contributed by atoms with Gasteiger partial charge in [0.25, 0.3) is 0 Å². The topological polar surface area (TPSA) is 81.9 Å². The molecule has 0 radical (unpaired) electrons. The molecule has 0 aliphatic carbocycles. The molecule has 6 nitrogen and oxygen atoms in total. The van der Waals surface area contributed by atoms with E-state index in [-0.39, 0.29) is 11.6 Å². The SMILES string of the molecule is Cn1c(Nc2nc3ccccc3o2)nc2cc(C(N)C(F)(F)F)ccc21. The summed E-state index contributed by atoms with van der Waals surface area (Å²) in [5, 5.41) is 2.95. The highest BCUT2D eigenvalue weighted by atomic mass is 19.4. The summed E-state index contributed by atoms with van der Waals surface area (Å²) in [5.41, 5.74) is 7.58. The van der Waals surface area contributed by atoms with Crippen molar-refractivity contribution in [3.8, 4) is 0 Å². The van der Waals surface area contributed by atoms with Crippen LogP contribution in [0.15, 0.2) is 46.9 Å². The number of nitrogens with zero attached hydrogens (tertiary/aromatic N) is 3. The molecule has 2 aromatic heterocycles. The first-order chi connectivity index (χ1) is 12.3. The van der Waals surface area contributed by atoms with Crippen LogP contribution in [-0.4, -0.2) is 20.7 Å². The summed E-state index contributed by atoms with van der Waals surface area (Å²) >= 11 is 0. The number of para-hydroxylation sites is 2. The molecule has 26 heavy (non-hydrogen) atoms. The highest BCUT2D eigenvalue weighted by Gasteiger charge is 2.38. The molecular formula is C17H14F3N5O. The number of hydrogen-bond donors (Lipinski definition) is 2. The van der Waals surface area contributed by atoms with Crippen LogP contribution in [0.3, 0.4) is 0 Å². The van der Waals surface area contributed by atoms with Gasteiger partial charge in [0.2, 0.25) is 5.95 Å². The van der Waals surface area contributed by atoms with Gasteiger partial charge in [-0.05, 0) is 29.8 Å². The Morgan fingerprint density at radius 3 is 2.62 bits per heavy atom. The summed E-state index contributed by atoms with van der Waals surface area (Å²) in [6, 6.07) is 9.71. The molecule has 0 amide bonds. The largest absolute Gasteiger partial charge is 0.423 e. The van der Waals surface area contributed by atoms with Gasteiger partial charge in [-0.25, -0.2) is 4.98 Å². The van der Waals surface area contributed by atoms with Crippen molar-refractivity contribution in [3.05, 3.63) is 48.0 Å². The molecule has 9 heteroatoms. The second-order valence-corrected chi connectivity index (χ2v) is 5.87. The third-order valence-electron chi connectivity index (χ3n) is 4.13. The monoisotopic (exact) mass is 361 g/mol. The molecule has 4 aromatic rings. The van der Waals surface area contributed by atoms with Gasteiger partial charge in [0.05, 0.1) is 11.0 Å². The van der Waals surface area contributed by atoms with Crippen molar-refractivity contribution in [2.45, 2.75) is 12.2 Å². The third-order valence-corrected chi connectivity index (χ3v) is 4.13. The van der Waals surface area contributed by atoms with Crippen LogP contribution in [0, 0.1) is 0 Å². The second-order valence-electron chi connectivity index (χ2n) is 5.87. The van der Waals surface area contributed by atoms with E-state index in [0.717, 1.165) is 0 Å². The molecule has 2 heterocycles. The smallest absolute Gasteiger partial charge is 0.407 e. The van der Waals surface area contributed by atoms with Crippen molar-refractivity contribution in [2.75, 3.05) is 5.32 Å². The van der Waals surface area contributed by atoms with Crippen LogP contribution in [-0.2, 0) is 7.05 Å². The quantitative estimate of drug-likeness (QED) is 0.576. The van der Waals surface area contributed by atoms with E-state index < -0.39 is 12.2 Å². The third kappa shape index (κ3) is 2.76. The summed E-state index contributed by atoms with van der Waals surface area (Å²) in [5.74, 6) is 0.393. The average Bonchev–Trinajstić information content (AvgIpc) is 3.14. The van der Waals surface area contributed by atoms with E-state index in [9.17, 15) is 13.2 Å². The van der Waals surface area contributed by atoms with Crippen molar-refractivity contribution in [1.82, 2.24) is 14.5 Å². The highest BCUT2D eigenvalue weighted by Crippen LogP contribution is 2.32. The van der Waals surface area contributed by atoms with Crippen LogP contribution in [0.5, 0.6) is 0 Å². The molecule has 134 valence electrons. The molecule has 0 saturated carbocycles. The van der Waals surface area contributed by atoms with Gasteiger partial charge in [-0.2, -0.15) is 18.2 Å². The summed E-state index contributed by atoms with van der Waals surface area (Å²) < 4.78 is 45.8. The second kappa shape index (κ2) is 5.73. The van der Waals surface area contributed by atoms with E-state index in [2.05, 4.69) is 15.3 Å². The molecular weight excluding hydrogens is 347 g/mol. The minimum absolute atomic E-state index is 0.0449. The lowest BCUT2D eigenvalue weighted by Crippen LogP contribution is -2.28. The van der Waals surface area contributed by atoms with Crippen molar-refractivity contribution in [2.24, 2.45) is 12.8 Å². The molecule has 0 saturated heterocycles. The van der Waals surface area contributed by atoms with Crippen molar-refractivity contribution >= 4 is 34.1 Å². The Morgan fingerprint density at radius 2 is 1.88 bits per heavy atom. The van der Waals surface area contributed by atoms with Crippen LogP contribution >= 0.6 is 0 Å². The average molecular weight is 361 g/mol. The van der Waals surface area contributed by atoms with E-state index in [1.54, 1.807) is 23.7 Å². The van der Waals surface area contributed by atoms with Gasteiger partial charge in [-0.1, -0.05) is 18.2 Å². The molecule has 0 aliphatic heterocycles. The number of benzene rings is 2. The number of aromatic nitrogens is 3. The van der Waals surface area contributed by atoms with Crippen molar-refractivity contribution in [1.29, 1.82) is 0 Å². The predicted molar refractivity (Wildman–Crippen MR) is 91.0 cm³/mol. The number of aryl methyl sites for hydroxylation is 1. The van der Waals surface area contributed by atoms with Crippen LogP contribution < -0.4 is 11.1 Å². The summed E-state index contributed by atoms with van der Waals surface area (Å²) in [6.07, 6.45) is -4.51. The molecule has 2 aromatic carbocycles. The summed E-state index contributed by atoms with van der Waals surface area (Å²) in [6.45, 7) is 0. The molecule has 1 unspecified atom stereocenters. The Balaban J connectivity index is 1.70. The Labute approximate surface area is 145 Å². The molecule has 4 rings (SSSR count). The zero-order chi connectivity index (χ0) is 18.5. The maximum atomic E-state index is 12.8. The van der Waals surface area contributed by atoms with Crippen LogP contribution in [0.4, 0.5) is 25.1 Å². The fourth-order valence-electron chi connectivity index (χ4n) is 2.73. The van der Waals surface area contributed by atoms with Gasteiger partial charge in [0, 0.05) is 7.05 Å². The van der Waals surface area contributed by atoms with E-state index in [4.69, 9.17) is 10.2 Å². The number of fused-ring (bicyclic) bond motifs is 2. The van der Waals surface area contributed by atoms with Gasteiger partial charge in [0.15, 0.2) is 5.58 Å². The first kappa shape index (κ1) is 16.4. The molecule has 1 atom stereocenters. The number of rotatable bonds is 3. The number of oxazole rings is 1. The number of nitrogens with one attached hydrogen (secondary N) is 1. The number of imidazole rings is 1. The van der Waals surface area contributed by atoms with E-state index in [1.807, 2.05) is 18.2 Å². The molecule has 0 fully saturated rings. The fourth-order valence-corrected chi connectivity index (χ4v) is 2.73. The van der Waals surface area contributed by atoms with Crippen LogP contribution in [0.2, 0.25) is 0 Å². The van der Waals surface area contributed by atoms with Crippen LogP contribution in [0.1, 0.15) is 11.6 Å². The lowest BCUT2D eigenvalue weighted by molar-refractivity contribution is -0.149. The first-order valence-electron chi connectivity index (χ1n) is 7.74. The van der Waals surface area contributed by atoms with E-state index in [1.165, 1.54) is 12.1 Å². The number of anilines is 2. The number of alkyl halides is 3. The van der Waals surface area contributed by atoms with Crippen molar-refractivity contribution in [3.63, 3.8) is 0 Å². The Hall–Kier alpha value is -3.07. The molecule has 3 N–H and O–H groups in total. The molecule has 0 aliphatic rings. The summed E-state index contributed by atoms with van der Waals surface area (Å²) in [4.78, 5) is 8.63. The zero-order valence-electron chi connectivity index (χ0n) is 13.6. The lowest BCUT2D eigenvalue weighted by atomic mass is 10.1. The van der Waals surface area contributed by atoms with E-state index >= 15 is 0 Å². The fraction of sp³-hybridized carbons (Fsp3) is 0.176. The number of nitrogens with two attached hydrogens (primary N) is 1. The normalized spacial score (nSPS) is 13.4.